The lowest BCUT2D eigenvalue weighted by Crippen LogP contribution is -2.49. The molecule has 0 unspecified atom stereocenters. The molecule has 4 rings (SSSR count). The number of hydrogen-bond acceptors (Lipinski definition) is 7. The summed E-state index contributed by atoms with van der Waals surface area (Å²) in [6.07, 6.45) is 1.43. The molecule has 1 aliphatic rings. The predicted molar refractivity (Wildman–Crippen MR) is 115 cm³/mol. The van der Waals surface area contributed by atoms with Crippen molar-refractivity contribution in [2.45, 2.75) is 5.03 Å². The Kier molecular flexibility index (Phi) is 6.29. The van der Waals surface area contributed by atoms with Gasteiger partial charge in [-0.05, 0) is 36.4 Å². The van der Waals surface area contributed by atoms with Crippen molar-refractivity contribution in [2.75, 3.05) is 42.1 Å². The van der Waals surface area contributed by atoms with Gasteiger partial charge in [-0.1, -0.05) is 30.0 Å². The number of piperazine rings is 1. The number of amides is 2. The van der Waals surface area contributed by atoms with Gasteiger partial charge in [-0.3, -0.25) is 9.59 Å². The molecule has 1 fully saturated rings. The average Bonchev–Trinajstić information content (AvgIpc) is 3.34. The molecule has 1 saturated heterocycles. The van der Waals surface area contributed by atoms with E-state index in [9.17, 15) is 9.59 Å². The van der Waals surface area contributed by atoms with Gasteiger partial charge in [-0.25, -0.2) is 0 Å². The zero-order valence-electron chi connectivity index (χ0n) is 16.2. The number of furan rings is 1. The highest BCUT2D eigenvalue weighted by Crippen LogP contribution is 2.19. The Hall–Kier alpha value is -3.33. The van der Waals surface area contributed by atoms with E-state index in [-0.39, 0.29) is 17.6 Å². The van der Waals surface area contributed by atoms with Crippen molar-refractivity contribution < 1.29 is 14.0 Å². The monoisotopic (exact) mass is 423 g/mol. The second-order valence-electron chi connectivity index (χ2n) is 6.68. The Bertz CT molecular complexity index is 972. The van der Waals surface area contributed by atoms with Gasteiger partial charge in [0.1, 0.15) is 5.03 Å². The molecule has 3 aromatic rings. The van der Waals surface area contributed by atoms with E-state index in [4.69, 9.17) is 4.42 Å². The molecule has 0 bridgehead atoms. The lowest BCUT2D eigenvalue weighted by Gasteiger charge is -2.36. The fourth-order valence-corrected chi connectivity index (χ4v) is 3.85. The Labute approximate surface area is 178 Å². The van der Waals surface area contributed by atoms with Crippen LogP contribution in [0.2, 0.25) is 0 Å². The zero-order valence-corrected chi connectivity index (χ0v) is 17.0. The van der Waals surface area contributed by atoms with Gasteiger partial charge in [0.05, 0.1) is 12.0 Å². The number of nitrogens with zero attached hydrogens (tertiary/aromatic N) is 4. The van der Waals surface area contributed by atoms with Crippen LogP contribution < -0.4 is 10.2 Å². The first-order chi connectivity index (χ1) is 14.7. The Morgan fingerprint density at radius 3 is 2.43 bits per heavy atom. The van der Waals surface area contributed by atoms with Crippen molar-refractivity contribution >= 4 is 35.1 Å². The molecule has 2 amide bonds. The van der Waals surface area contributed by atoms with Crippen LogP contribution in [0.1, 0.15) is 10.6 Å². The molecule has 0 aliphatic carbocycles. The molecule has 8 nitrogen and oxygen atoms in total. The number of thioether (sulfide) groups is 1. The van der Waals surface area contributed by atoms with Crippen molar-refractivity contribution in [2.24, 2.45) is 0 Å². The number of rotatable bonds is 6. The van der Waals surface area contributed by atoms with Gasteiger partial charge in [-0.2, -0.15) is 0 Å². The highest BCUT2D eigenvalue weighted by molar-refractivity contribution is 7.99. The van der Waals surface area contributed by atoms with Crippen LogP contribution in [0.4, 0.5) is 11.5 Å². The second-order valence-corrected chi connectivity index (χ2v) is 7.68. The topological polar surface area (TPSA) is 91.6 Å². The number of anilines is 2. The van der Waals surface area contributed by atoms with Crippen LogP contribution in [0, 0.1) is 0 Å². The van der Waals surface area contributed by atoms with Gasteiger partial charge in [-0.15, -0.1) is 10.2 Å². The molecular weight excluding hydrogens is 402 g/mol. The quantitative estimate of drug-likeness (QED) is 0.610. The Morgan fingerprint density at radius 1 is 0.967 bits per heavy atom. The molecule has 0 spiro atoms. The number of aromatic nitrogens is 2. The smallest absolute Gasteiger partial charge is 0.292 e. The third-order valence-electron chi connectivity index (χ3n) is 4.72. The first-order valence-corrected chi connectivity index (χ1v) is 10.6. The third kappa shape index (κ3) is 4.98. The van der Waals surface area contributed by atoms with Crippen LogP contribution in [0.3, 0.4) is 0 Å². The molecule has 0 atom stereocenters. The van der Waals surface area contributed by atoms with E-state index < -0.39 is 0 Å². The van der Waals surface area contributed by atoms with Crippen molar-refractivity contribution in [1.82, 2.24) is 15.1 Å². The van der Waals surface area contributed by atoms with Crippen LogP contribution in [0.25, 0.3) is 0 Å². The number of benzene rings is 1. The number of carbonyl (C=O) groups excluding carboxylic acids is 2. The first kappa shape index (κ1) is 20.0. The van der Waals surface area contributed by atoms with Crippen LogP contribution in [0.5, 0.6) is 0 Å². The SMILES string of the molecule is O=C(Nc1ccc(SCC(=O)N2CCN(c3ccccc3)CC2)nn1)c1ccco1. The van der Waals surface area contributed by atoms with E-state index in [0.717, 1.165) is 13.1 Å². The molecule has 154 valence electrons. The maximum Gasteiger partial charge on any atom is 0.292 e. The van der Waals surface area contributed by atoms with E-state index in [1.165, 1.54) is 23.7 Å². The lowest BCUT2D eigenvalue weighted by atomic mass is 10.2. The minimum absolute atomic E-state index is 0.0877. The summed E-state index contributed by atoms with van der Waals surface area (Å²) in [4.78, 5) is 28.6. The van der Waals surface area contributed by atoms with E-state index >= 15 is 0 Å². The largest absolute Gasteiger partial charge is 0.459 e. The number of carbonyl (C=O) groups is 2. The van der Waals surface area contributed by atoms with E-state index in [1.54, 1.807) is 24.3 Å². The summed E-state index contributed by atoms with van der Waals surface area (Å²) < 4.78 is 5.04. The summed E-state index contributed by atoms with van der Waals surface area (Å²) in [6.45, 7) is 3.06. The highest BCUT2D eigenvalue weighted by Gasteiger charge is 2.21. The van der Waals surface area contributed by atoms with Crippen LogP contribution >= 0.6 is 11.8 Å². The Morgan fingerprint density at radius 2 is 1.77 bits per heavy atom. The maximum atomic E-state index is 12.5. The van der Waals surface area contributed by atoms with Crippen molar-refractivity contribution in [3.8, 4) is 0 Å². The molecule has 0 radical (unpaired) electrons. The van der Waals surface area contributed by atoms with Gasteiger partial charge < -0.3 is 19.5 Å². The summed E-state index contributed by atoms with van der Waals surface area (Å²) in [6, 6.07) is 16.8. The first-order valence-electron chi connectivity index (χ1n) is 9.58. The lowest BCUT2D eigenvalue weighted by molar-refractivity contribution is -0.128. The van der Waals surface area contributed by atoms with Gasteiger partial charge in [0.2, 0.25) is 5.91 Å². The van der Waals surface area contributed by atoms with E-state index in [0.29, 0.717) is 29.7 Å². The highest BCUT2D eigenvalue weighted by atomic mass is 32.2. The molecule has 1 N–H and O–H groups in total. The molecule has 2 aromatic heterocycles. The fourth-order valence-electron chi connectivity index (χ4n) is 3.13. The number of hydrogen-bond donors (Lipinski definition) is 1. The summed E-state index contributed by atoms with van der Waals surface area (Å²) in [5, 5.41) is 11.3. The van der Waals surface area contributed by atoms with Crippen molar-refractivity contribution in [3.63, 3.8) is 0 Å². The molecular formula is C21H21N5O3S. The summed E-state index contributed by atoms with van der Waals surface area (Å²) >= 11 is 1.34. The maximum absolute atomic E-state index is 12.5. The molecule has 1 aromatic carbocycles. The molecule has 30 heavy (non-hydrogen) atoms. The number of para-hydroxylation sites is 1. The van der Waals surface area contributed by atoms with Gasteiger partial charge in [0.15, 0.2) is 11.6 Å². The van der Waals surface area contributed by atoms with E-state index in [1.807, 2.05) is 23.1 Å². The van der Waals surface area contributed by atoms with Gasteiger partial charge >= 0.3 is 0 Å². The molecule has 0 saturated carbocycles. The normalized spacial score (nSPS) is 13.9. The van der Waals surface area contributed by atoms with Crippen LogP contribution in [-0.4, -0.2) is 58.8 Å². The second kappa shape index (κ2) is 9.45. The summed E-state index contributed by atoms with van der Waals surface area (Å²) in [5.74, 6) is 0.527. The fraction of sp³-hybridized carbons (Fsp3) is 0.238. The molecule has 9 heteroatoms. The van der Waals surface area contributed by atoms with Crippen molar-refractivity contribution in [1.29, 1.82) is 0 Å². The predicted octanol–water partition coefficient (Wildman–Crippen LogP) is 2.76. The van der Waals surface area contributed by atoms with Crippen LogP contribution in [-0.2, 0) is 4.79 Å². The van der Waals surface area contributed by atoms with Gasteiger partial charge in [0, 0.05) is 31.9 Å². The zero-order chi connectivity index (χ0) is 20.8. The average molecular weight is 423 g/mol. The minimum atomic E-state index is -0.389. The van der Waals surface area contributed by atoms with E-state index in [2.05, 4.69) is 32.5 Å². The number of nitrogens with one attached hydrogen (secondary N) is 1. The van der Waals surface area contributed by atoms with Gasteiger partial charge in [0.25, 0.3) is 5.91 Å². The molecule has 3 heterocycles. The standard InChI is InChI=1S/C21H21N5O3S/c27-20(26-12-10-25(11-13-26)16-5-2-1-3-6-16)15-30-19-9-8-18(23-24-19)22-21(28)17-7-4-14-29-17/h1-9,14H,10-13,15H2,(H,22,23,28). The van der Waals surface area contributed by atoms with Crippen molar-refractivity contribution in [3.05, 3.63) is 66.6 Å². The molecule has 1 aliphatic heterocycles. The van der Waals surface area contributed by atoms with Crippen LogP contribution in [0.15, 0.2) is 70.3 Å². The summed E-state index contributed by atoms with van der Waals surface area (Å²) in [7, 11) is 0. The Balaban J connectivity index is 1.23. The summed E-state index contributed by atoms with van der Waals surface area (Å²) in [5.41, 5.74) is 1.19. The third-order valence-corrected chi connectivity index (χ3v) is 5.63. The minimum Gasteiger partial charge on any atom is -0.459 e.